The molecule has 2 aromatic rings. The van der Waals surface area contributed by atoms with Gasteiger partial charge in [0.1, 0.15) is 17.9 Å². The summed E-state index contributed by atoms with van der Waals surface area (Å²) < 4.78 is 3.82. The van der Waals surface area contributed by atoms with E-state index >= 15 is 0 Å². The number of carbonyl (C=O) groups excluding carboxylic acids is 1. The van der Waals surface area contributed by atoms with E-state index in [0.29, 0.717) is 12.4 Å². The second-order valence-electron chi connectivity index (χ2n) is 5.41. The molecule has 3 rings (SSSR count). The van der Waals surface area contributed by atoms with E-state index in [-0.39, 0.29) is 5.91 Å². The first-order valence-corrected chi connectivity index (χ1v) is 7.95. The van der Waals surface area contributed by atoms with Crippen LogP contribution in [0.15, 0.2) is 0 Å². The van der Waals surface area contributed by atoms with Crippen LogP contribution in [-0.2, 0) is 23.8 Å². The number of rotatable bonds is 4. The molecule has 0 atom stereocenters. The van der Waals surface area contributed by atoms with Crippen LogP contribution >= 0.6 is 11.6 Å². The summed E-state index contributed by atoms with van der Waals surface area (Å²) in [5, 5.41) is 4.47. The molecule has 7 heteroatoms. The molecule has 3 heterocycles. The Morgan fingerprint density at radius 3 is 2.67 bits per heavy atom. The maximum atomic E-state index is 12.4. The third-order valence-electron chi connectivity index (χ3n) is 4.05. The van der Waals surface area contributed by atoms with Crippen LogP contribution in [-0.4, -0.2) is 43.2 Å². The summed E-state index contributed by atoms with van der Waals surface area (Å²) in [5.74, 6) is 1.17. The molecule has 0 bridgehead atoms. The summed E-state index contributed by atoms with van der Waals surface area (Å²) in [6, 6.07) is 0. The molecule has 1 amide bonds. The highest BCUT2D eigenvalue weighted by atomic mass is 35.5. The van der Waals surface area contributed by atoms with Gasteiger partial charge in [-0.2, -0.15) is 5.10 Å². The number of carbonyl (C=O) groups is 1. The fourth-order valence-electron chi connectivity index (χ4n) is 2.96. The third-order valence-corrected chi connectivity index (χ3v) is 4.29. The average Bonchev–Trinajstić information content (AvgIpc) is 3.17. The molecule has 6 nitrogen and oxygen atoms in total. The first-order chi connectivity index (χ1) is 10.2. The van der Waals surface area contributed by atoms with Gasteiger partial charge in [0.2, 0.25) is 5.91 Å². The van der Waals surface area contributed by atoms with Gasteiger partial charge in [0.15, 0.2) is 5.65 Å². The highest BCUT2D eigenvalue weighted by Crippen LogP contribution is 2.21. The zero-order valence-corrected chi connectivity index (χ0v) is 13.2. The van der Waals surface area contributed by atoms with Crippen molar-refractivity contribution in [1.82, 2.24) is 24.2 Å². The molecule has 1 fully saturated rings. The third kappa shape index (κ3) is 2.41. The van der Waals surface area contributed by atoms with Crippen molar-refractivity contribution in [2.75, 3.05) is 13.1 Å². The van der Waals surface area contributed by atoms with Gasteiger partial charge >= 0.3 is 0 Å². The minimum absolute atomic E-state index is 0.139. The monoisotopic (exact) mass is 309 g/mol. The number of amides is 1. The number of halogens is 1. The van der Waals surface area contributed by atoms with E-state index in [1.807, 2.05) is 28.0 Å². The quantitative estimate of drug-likeness (QED) is 0.811. The smallest absolute Gasteiger partial charge is 0.242 e. The standard InChI is InChI=1S/C14H20ClN5O/c1-3-20-14-13(10(2)17-20)16-11(8-15)19(14)9-12(21)18-6-4-5-7-18/h3-9H2,1-2H3. The lowest BCUT2D eigenvalue weighted by molar-refractivity contribution is -0.130. The molecule has 0 N–H and O–H groups in total. The molecule has 1 aliphatic rings. The SMILES string of the molecule is CCn1nc(C)c2nc(CCl)n(CC(=O)N3CCCC3)c21. The Kier molecular flexibility index (Phi) is 3.89. The van der Waals surface area contributed by atoms with Crippen molar-refractivity contribution in [1.29, 1.82) is 0 Å². The van der Waals surface area contributed by atoms with Gasteiger partial charge in [0.25, 0.3) is 0 Å². The fraction of sp³-hybridized carbons (Fsp3) is 0.643. The number of hydrogen-bond acceptors (Lipinski definition) is 3. The van der Waals surface area contributed by atoms with E-state index in [9.17, 15) is 4.79 Å². The van der Waals surface area contributed by atoms with Crippen molar-refractivity contribution in [3.8, 4) is 0 Å². The summed E-state index contributed by atoms with van der Waals surface area (Å²) in [7, 11) is 0. The molecule has 2 aromatic heterocycles. The van der Waals surface area contributed by atoms with Gasteiger partial charge in [-0.25, -0.2) is 9.67 Å². The topological polar surface area (TPSA) is 56.0 Å². The first kappa shape index (κ1) is 14.4. The average molecular weight is 310 g/mol. The number of aromatic nitrogens is 4. The Bertz CT molecular complexity index is 668. The molecule has 21 heavy (non-hydrogen) atoms. The van der Waals surface area contributed by atoms with Crippen LogP contribution in [0.2, 0.25) is 0 Å². The Balaban J connectivity index is 2.00. The van der Waals surface area contributed by atoms with Crippen LogP contribution < -0.4 is 0 Å². The van der Waals surface area contributed by atoms with Crippen LogP contribution in [0.3, 0.4) is 0 Å². The zero-order valence-electron chi connectivity index (χ0n) is 12.5. The van der Waals surface area contributed by atoms with Gasteiger partial charge in [0, 0.05) is 19.6 Å². The largest absolute Gasteiger partial charge is 0.341 e. The van der Waals surface area contributed by atoms with E-state index < -0.39 is 0 Å². The molecule has 1 saturated heterocycles. The normalized spacial score (nSPS) is 15.3. The predicted octanol–water partition coefficient (Wildman–Crippen LogP) is 1.92. The number of aryl methyl sites for hydroxylation is 2. The van der Waals surface area contributed by atoms with E-state index in [1.54, 1.807) is 0 Å². The van der Waals surface area contributed by atoms with E-state index in [0.717, 1.165) is 55.2 Å². The minimum Gasteiger partial charge on any atom is -0.341 e. The first-order valence-electron chi connectivity index (χ1n) is 7.42. The molecular weight excluding hydrogens is 290 g/mol. The molecule has 0 spiro atoms. The van der Waals surface area contributed by atoms with Crippen LogP contribution in [0.25, 0.3) is 11.2 Å². The molecular formula is C14H20ClN5O. The van der Waals surface area contributed by atoms with Crippen molar-refractivity contribution in [2.24, 2.45) is 0 Å². The molecule has 0 saturated carbocycles. The number of likely N-dealkylation sites (tertiary alicyclic amines) is 1. The second-order valence-corrected chi connectivity index (χ2v) is 5.68. The number of alkyl halides is 1. The lowest BCUT2D eigenvalue weighted by atomic mass is 10.4. The Morgan fingerprint density at radius 2 is 2.05 bits per heavy atom. The number of nitrogens with zero attached hydrogens (tertiary/aromatic N) is 5. The van der Waals surface area contributed by atoms with Crippen molar-refractivity contribution < 1.29 is 4.79 Å². The number of hydrogen-bond donors (Lipinski definition) is 0. The van der Waals surface area contributed by atoms with Gasteiger partial charge in [-0.05, 0) is 26.7 Å². The molecule has 114 valence electrons. The Labute approximate surface area is 128 Å². The van der Waals surface area contributed by atoms with Crippen LogP contribution in [0.5, 0.6) is 0 Å². The predicted molar refractivity (Wildman–Crippen MR) is 81.3 cm³/mol. The lowest BCUT2D eigenvalue weighted by Gasteiger charge is -2.17. The van der Waals surface area contributed by atoms with Crippen molar-refractivity contribution >= 4 is 28.7 Å². The molecule has 0 aliphatic carbocycles. The van der Waals surface area contributed by atoms with Gasteiger partial charge in [-0.15, -0.1) is 11.6 Å². The van der Waals surface area contributed by atoms with E-state index in [1.165, 1.54) is 0 Å². The maximum absolute atomic E-state index is 12.4. The summed E-state index contributed by atoms with van der Waals surface area (Å²) >= 11 is 6.01. The Morgan fingerprint density at radius 1 is 1.33 bits per heavy atom. The minimum atomic E-state index is 0.139. The van der Waals surface area contributed by atoms with Crippen LogP contribution in [0.4, 0.5) is 0 Å². The van der Waals surface area contributed by atoms with Gasteiger partial charge in [-0.3, -0.25) is 4.79 Å². The molecule has 0 unspecified atom stereocenters. The number of imidazole rings is 1. The van der Waals surface area contributed by atoms with Crippen LogP contribution in [0, 0.1) is 6.92 Å². The summed E-state index contributed by atoms with van der Waals surface area (Å²) in [4.78, 5) is 18.9. The molecule has 0 aromatic carbocycles. The van der Waals surface area contributed by atoms with E-state index in [2.05, 4.69) is 10.1 Å². The van der Waals surface area contributed by atoms with Crippen LogP contribution in [0.1, 0.15) is 31.3 Å². The zero-order chi connectivity index (χ0) is 15.0. The lowest BCUT2D eigenvalue weighted by Crippen LogP contribution is -2.31. The maximum Gasteiger partial charge on any atom is 0.242 e. The van der Waals surface area contributed by atoms with Crippen molar-refractivity contribution in [2.45, 2.75) is 45.7 Å². The Hall–Kier alpha value is -1.56. The fourth-order valence-corrected chi connectivity index (χ4v) is 3.16. The summed E-state index contributed by atoms with van der Waals surface area (Å²) in [5.41, 5.74) is 2.63. The molecule has 0 radical (unpaired) electrons. The molecule has 1 aliphatic heterocycles. The van der Waals surface area contributed by atoms with Gasteiger partial charge < -0.3 is 9.47 Å². The highest BCUT2D eigenvalue weighted by molar-refractivity contribution is 6.16. The number of fused-ring (bicyclic) bond motifs is 1. The second kappa shape index (κ2) is 5.67. The highest BCUT2D eigenvalue weighted by Gasteiger charge is 2.23. The van der Waals surface area contributed by atoms with E-state index in [4.69, 9.17) is 11.6 Å². The summed E-state index contributed by atoms with van der Waals surface area (Å²) in [6.45, 7) is 6.73. The van der Waals surface area contributed by atoms with Gasteiger partial charge in [-0.1, -0.05) is 0 Å². The van der Waals surface area contributed by atoms with Crippen molar-refractivity contribution in [3.05, 3.63) is 11.5 Å². The van der Waals surface area contributed by atoms with Crippen molar-refractivity contribution in [3.63, 3.8) is 0 Å². The summed E-state index contributed by atoms with van der Waals surface area (Å²) in [6.07, 6.45) is 2.19. The van der Waals surface area contributed by atoms with Gasteiger partial charge in [0.05, 0.1) is 11.6 Å².